The highest BCUT2D eigenvalue weighted by molar-refractivity contribution is 9.10. The minimum absolute atomic E-state index is 0.0339. The van der Waals surface area contributed by atoms with Gasteiger partial charge in [0.05, 0.1) is 22.1 Å². The summed E-state index contributed by atoms with van der Waals surface area (Å²) >= 11 is 3.08. The summed E-state index contributed by atoms with van der Waals surface area (Å²) < 4.78 is 10.8. The molecule has 0 amide bonds. The Kier molecular flexibility index (Phi) is 6.58. The monoisotopic (exact) mass is 469 g/mol. The number of rotatable bonds is 7. The van der Waals surface area contributed by atoms with E-state index >= 15 is 0 Å². The molecule has 1 unspecified atom stereocenters. The first kappa shape index (κ1) is 21.2. The summed E-state index contributed by atoms with van der Waals surface area (Å²) in [5.41, 5.74) is 0.507. The quantitative estimate of drug-likeness (QED) is 0.205. The third-order valence-corrected chi connectivity index (χ3v) is 4.99. The average molecular weight is 470 g/mol. The Morgan fingerprint density at radius 1 is 0.967 bits per heavy atom. The molecule has 3 rings (SSSR count). The fraction of sp³-hybridized carbons (Fsp3) is 0.0909. The van der Waals surface area contributed by atoms with Crippen molar-refractivity contribution in [2.45, 2.75) is 6.10 Å². The summed E-state index contributed by atoms with van der Waals surface area (Å²) in [6.45, 7) is 0. The molecule has 7 nitrogen and oxygen atoms in total. The highest BCUT2D eigenvalue weighted by atomic mass is 79.9. The minimum Gasteiger partial charge on any atom is -0.497 e. The van der Waals surface area contributed by atoms with Crippen molar-refractivity contribution in [3.8, 4) is 5.75 Å². The minimum atomic E-state index is -1.21. The molecular formula is C22H16BrNO6. The van der Waals surface area contributed by atoms with Gasteiger partial charge in [-0.3, -0.25) is 14.9 Å². The standard InChI is InChI=1S/C22H16BrNO6/c1-29-17-10-7-14(8-11-17)20(25)21(15-5-3-2-4-6-15)30-22(26)16-9-12-18(23)19(13-16)24(27)28/h2-13,21H,1H3. The van der Waals surface area contributed by atoms with E-state index in [4.69, 9.17) is 9.47 Å². The zero-order chi connectivity index (χ0) is 21.7. The van der Waals surface area contributed by atoms with Gasteiger partial charge < -0.3 is 9.47 Å². The second kappa shape index (κ2) is 9.32. The predicted octanol–water partition coefficient (Wildman–Crippen LogP) is 5.15. The first-order chi connectivity index (χ1) is 14.4. The lowest BCUT2D eigenvalue weighted by Gasteiger charge is -2.18. The summed E-state index contributed by atoms with van der Waals surface area (Å²) in [4.78, 5) is 36.4. The molecule has 152 valence electrons. The fourth-order valence-electron chi connectivity index (χ4n) is 2.76. The highest BCUT2D eigenvalue weighted by Gasteiger charge is 2.27. The molecule has 0 aromatic heterocycles. The number of nitro benzene ring substituents is 1. The molecular weight excluding hydrogens is 454 g/mol. The van der Waals surface area contributed by atoms with Crippen molar-refractivity contribution in [3.63, 3.8) is 0 Å². The Hall–Kier alpha value is -3.52. The largest absolute Gasteiger partial charge is 0.497 e. The summed E-state index contributed by atoms with van der Waals surface area (Å²) in [7, 11) is 1.52. The number of nitro groups is 1. The van der Waals surface area contributed by atoms with Crippen molar-refractivity contribution in [3.05, 3.63) is 104 Å². The molecule has 0 N–H and O–H groups in total. The van der Waals surface area contributed by atoms with Gasteiger partial charge in [0.2, 0.25) is 5.78 Å². The molecule has 3 aromatic rings. The van der Waals surface area contributed by atoms with Gasteiger partial charge in [-0.15, -0.1) is 0 Å². The maximum Gasteiger partial charge on any atom is 0.339 e. The molecule has 8 heteroatoms. The van der Waals surface area contributed by atoms with E-state index in [-0.39, 0.29) is 15.7 Å². The van der Waals surface area contributed by atoms with Crippen LogP contribution in [0.5, 0.6) is 5.75 Å². The molecule has 0 radical (unpaired) electrons. The normalized spacial score (nSPS) is 11.4. The van der Waals surface area contributed by atoms with Crippen LogP contribution in [0, 0.1) is 10.1 Å². The van der Waals surface area contributed by atoms with Crippen molar-refractivity contribution in [2.75, 3.05) is 7.11 Å². The van der Waals surface area contributed by atoms with Crippen molar-refractivity contribution in [2.24, 2.45) is 0 Å². The molecule has 0 aliphatic heterocycles. The zero-order valence-electron chi connectivity index (χ0n) is 15.8. The van der Waals surface area contributed by atoms with Gasteiger partial charge in [0.15, 0.2) is 6.10 Å². The topological polar surface area (TPSA) is 95.7 Å². The van der Waals surface area contributed by atoms with Gasteiger partial charge >= 0.3 is 5.97 Å². The number of hydrogen-bond donors (Lipinski definition) is 0. The molecule has 30 heavy (non-hydrogen) atoms. The number of esters is 1. The van der Waals surface area contributed by atoms with Crippen molar-refractivity contribution >= 4 is 33.4 Å². The maximum atomic E-state index is 13.1. The summed E-state index contributed by atoms with van der Waals surface area (Å²) in [6.07, 6.45) is -1.21. The molecule has 3 aromatic carbocycles. The summed E-state index contributed by atoms with van der Waals surface area (Å²) in [6, 6.07) is 18.9. The average Bonchev–Trinajstić information content (AvgIpc) is 2.77. The van der Waals surface area contributed by atoms with Crippen LogP contribution in [0.3, 0.4) is 0 Å². The molecule has 0 heterocycles. The lowest BCUT2D eigenvalue weighted by atomic mass is 9.99. The van der Waals surface area contributed by atoms with Crippen LogP contribution in [0.15, 0.2) is 77.3 Å². The van der Waals surface area contributed by atoms with Crippen LogP contribution in [-0.4, -0.2) is 23.8 Å². The van der Waals surface area contributed by atoms with Crippen molar-refractivity contribution < 1.29 is 24.0 Å². The first-order valence-electron chi connectivity index (χ1n) is 8.79. The lowest BCUT2D eigenvalue weighted by molar-refractivity contribution is -0.385. The van der Waals surface area contributed by atoms with E-state index in [1.165, 1.54) is 19.2 Å². The lowest BCUT2D eigenvalue weighted by Crippen LogP contribution is -2.20. The van der Waals surface area contributed by atoms with E-state index in [1.54, 1.807) is 54.6 Å². The highest BCUT2D eigenvalue weighted by Crippen LogP contribution is 2.28. The van der Waals surface area contributed by atoms with E-state index in [9.17, 15) is 19.7 Å². The van der Waals surface area contributed by atoms with Gasteiger partial charge in [0.25, 0.3) is 5.69 Å². The molecule has 0 bridgehead atoms. The first-order valence-corrected chi connectivity index (χ1v) is 9.58. The van der Waals surface area contributed by atoms with Crippen LogP contribution in [-0.2, 0) is 4.74 Å². The Morgan fingerprint density at radius 2 is 1.60 bits per heavy atom. The van der Waals surface area contributed by atoms with Gasteiger partial charge in [-0.25, -0.2) is 4.79 Å². The number of carbonyl (C=O) groups is 2. The Labute approximate surface area is 180 Å². The molecule has 0 saturated heterocycles. The van der Waals surface area contributed by atoms with Gasteiger partial charge in [-0.2, -0.15) is 0 Å². The van der Waals surface area contributed by atoms with Gasteiger partial charge in [0.1, 0.15) is 5.75 Å². The second-order valence-corrected chi connectivity index (χ2v) is 7.07. The number of hydrogen-bond acceptors (Lipinski definition) is 6. The van der Waals surface area contributed by atoms with Crippen LogP contribution < -0.4 is 4.74 Å². The van der Waals surface area contributed by atoms with Crippen LogP contribution >= 0.6 is 15.9 Å². The van der Waals surface area contributed by atoms with Crippen molar-refractivity contribution in [1.82, 2.24) is 0 Å². The van der Waals surface area contributed by atoms with E-state index in [0.717, 1.165) is 6.07 Å². The molecule has 0 aliphatic carbocycles. The number of halogens is 1. The fourth-order valence-corrected chi connectivity index (χ4v) is 3.15. The van der Waals surface area contributed by atoms with Crippen LogP contribution in [0.4, 0.5) is 5.69 Å². The predicted molar refractivity (Wildman–Crippen MR) is 113 cm³/mol. The third kappa shape index (κ3) is 4.72. The van der Waals surface area contributed by atoms with Crippen LogP contribution in [0.1, 0.15) is 32.4 Å². The number of ether oxygens (including phenoxy) is 2. The number of benzene rings is 3. The van der Waals surface area contributed by atoms with Crippen LogP contribution in [0.25, 0.3) is 0 Å². The third-order valence-electron chi connectivity index (χ3n) is 4.32. The van der Waals surface area contributed by atoms with Crippen LogP contribution in [0.2, 0.25) is 0 Å². The molecule has 0 aliphatic rings. The molecule has 0 fully saturated rings. The summed E-state index contributed by atoms with van der Waals surface area (Å²) in [5.74, 6) is -0.688. The van der Waals surface area contributed by atoms with Gasteiger partial charge in [-0.1, -0.05) is 30.3 Å². The number of nitrogens with zero attached hydrogens (tertiary/aromatic N) is 1. The maximum absolute atomic E-state index is 13.1. The zero-order valence-corrected chi connectivity index (χ0v) is 17.4. The van der Waals surface area contributed by atoms with Crippen molar-refractivity contribution in [1.29, 1.82) is 0 Å². The smallest absolute Gasteiger partial charge is 0.339 e. The number of ketones is 1. The Bertz CT molecular complexity index is 1080. The number of Topliss-reactive ketones (excluding diaryl/α,β-unsaturated/α-hetero) is 1. The number of methoxy groups -OCH3 is 1. The SMILES string of the molecule is COc1ccc(C(=O)C(OC(=O)c2ccc(Br)c([N+](=O)[O-])c2)c2ccccc2)cc1. The second-order valence-electron chi connectivity index (χ2n) is 6.21. The van der Waals surface area contributed by atoms with E-state index < -0.39 is 22.8 Å². The molecule has 0 spiro atoms. The van der Waals surface area contributed by atoms with E-state index in [2.05, 4.69) is 15.9 Å². The Morgan fingerprint density at radius 3 is 2.20 bits per heavy atom. The van der Waals surface area contributed by atoms with E-state index in [0.29, 0.717) is 16.9 Å². The number of carbonyl (C=O) groups excluding carboxylic acids is 2. The molecule has 1 atom stereocenters. The van der Waals surface area contributed by atoms with Gasteiger partial charge in [-0.05, 0) is 52.3 Å². The Balaban J connectivity index is 1.93. The van der Waals surface area contributed by atoms with Gasteiger partial charge in [0, 0.05) is 17.2 Å². The van der Waals surface area contributed by atoms with E-state index in [1.807, 2.05) is 0 Å². The molecule has 0 saturated carbocycles. The summed E-state index contributed by atoms with van der Waals surface area (Å²) in [5, 5.41) is 11.1.